The third-order valence-electron chi connectivity index (χ3n) is 4.18. The second-order valence-corrected chi connectivity index (χ2v) is 8.02. The minimum Gasteiger partial charge on any atom is -0.493 e. The number of hydrogen-bond donors (Lipinski definition) is 0. The fourth-order valence-electron chi connectivity index (χ4n) is 2.63. The third kappa shape index (κ3) is 3.93. The molecule has 0 aliphatic carbocycles. The van der Waals surface area contributed by atoms with Gasteiger partial charge in [0, 0.05) is 17.7 Å². The summed E-state index contributed by atoms with van der Waals surface area (Å²) >= 11 is 2.90. The van der Waals surface area contributed by atoms with Crippen molar-refractivity contribution in [1.29, 1.82) is 0 Å². The molecule has 9 heteroatoms. The van der Waals surface area contributed by atoms with Gasteiger partial charge in [0.15, 0.2) is 16.7 Å². The molecule has 0 N–H and O–H groups in total. The molecule has 27 heavy (non-hydrogen) atoms. The molecule has 0 radical (unpaired) electrons. The predicted octanol–water partition coefficient (Wildman–Crippen LogP) is 4.51. The van der Waals surface area contributed by atoms with Crippen LogP contribution in [-0.2, 0) is 12.8 Å². The summed E-state index contributed by atoms with van der Waals surface area (Å²) in [6.45, 7) is 0.991. The first kappa shape index (κ1) is 19.6. The van der Waals surface area contributed by atoms with Crippen LogP contribution in [0.1, 0.15) is 16.0 Å². The van der Waals surface area contributed by atoms with Crippen LogP contribution in [0.4, 0.5) is 8.78 Å². The van der Waals surface area contributed by atoms with Crippen molar-refractivity contribution in [3.63, 3.8) is 0 Å². The zero-order valence-electron chi connectivity index (χ0n) is 15.2. The highest BCUT2D eigenvalue weighted by molar-refractivity contribution is 7.98. The summed E-state index contributed by atoms with van der Waals surface area (Å²) in [5.74, 6) is 0.716. The molecule has 0 spiro atoms. The lowest BCUT2D eigenvalue weighted by Crippen LogP contribution is -2.19. The number of ether oxygens (including phenoxy) is 2. The Bertz CT molecular complexity index is 1050. The van der Waals surface area contributed by atoms with Crippen LogP contribution < -0.4 is 15.0 Å². The van der Waals surface area contributed by atoms with Gasteiger partial charge in [-0.1, -0.05) is 17.8 Å². The van der Waals surface area contributed by atoms with Crippen molar-refractivity contribution in [1.82, 2.24) is 9.55 Å². The van der Waals surface area contributed by atoms with Crippen molar-refractivity contribution >= 4 is 33.3 Å². The van der Waals surface area contributed by atoms with E-state index in [1.54, 1.807) is 19.2 Å². The largest absolute Gasteiger partial charge is 0.493 e. The molecule has 0 saturated heterocycles. The van der Waals surface area contributed by atoms with E-state index in [0.717, 1.165) is 20.8 Å². The molecule has 0 bridgehead atoms. The van der Waals surface area contributed by atoms with E-state index < -0.39 is 6.61 Å². The van der Waals surface area contributed by atoms with Gasteiger partial charge in [-0.05, 0) is 37.1 Å². The zero-order chi connectivity index (χ0) is 19.7. The molecule has 0 saturated carbocycles. The summed E-state index contributed by atoms with van der Waals surface area (Å²) in [5, 5.41) is 1.26. The van der Waals surface area contributed by atoms with Crippen LogP contribution in [0.25, 0.3) is 10.2 Å². The Hall–Kier alpha value is -2.13. The van der Waals surface area contributed by atoms with Gasteiger partial charge in [0.2, 0.25) is 0 Å². The molecule has 1 aromatic carbocycles. The maximum Gasteiger partial charge on any atom is 0.387 e. The quantitative estimate of drug-likeness (QED) is 0.440. The van der Waals surface area contributed by atoms with Crippen LogP contribution in [-0.4, -0.2) is 23.3 Å². The fraction of sp³-hybridized carbons (Fsp3) is 0.333. The van der Waals surface area contributed by atoms with Gasteiger partial charge >= 0.3 is 6.61 Å². The van der Waals surface area contributed by atoms with Crippen LogP contribution in [0.3, 0.4) is 0 Å². The molecular formula is C18H18F2N2O3S2. The number of aromatic nitrogens is 2. The number of fused-ring (bicyclic) bond motifs is 1. The van der Waals surface area contributed by atoms with Gasteiger partial charge in [-0.25, -0.2) is 4.98 Å². The highest BCUT2D eigenvalue weighted by Crippen LogP contribution is 2.32. The number of halogens is 2. The molecule has 144 valence electrons. The maximum atomic E-state index is 12.7. The fourth-order valence-corrected chi connectivity index (χ4v) is 4.61. The first-order valence-electron chi connectivity index (χ1n) is 8.03. The molecule has 3 rings (SSSR count). The van der Waals surface area contributed by atoms with Gasteiger partial charge in [0.05, 0.1) is 12.5 Å². The molecule has 0 amide bonds. The Morgan fingerprint density at radius 2 is 2.04 bits per heavy atom. The smallest absolute Gasteiger partial charge is 0.387 e. The Balaban J connectivity index is 1.87. The highest BCUT2D eigenvalue weighted by atomic mass is 32.2. The number of alkyl halides is 2. The number of hydrogen-bond acceptors (Lipinski definition) is 6. The van der Waals surface area contributed by atoms with Gasteiger partial charge in [0.25, 0.3) is 5.56 Å². The van der Waals surface area contributed by atoms with Gasteiger partial charge in [-0.2, -0.15) is 8.78 Å². The number of benzene rings is 1. The molecule has 2 aromatic heterocycles. The van der Waals surface area contributed by atoms with E-state index in [-0.39, 0.29) is 17.1 Å². The lowest BCUT2D eigenvalue weighted by molar-refractivity contribution is -0.0512. The first-order chi connectivity index (χ1) is 12.8. The highest BCUT2D eigenvalue weighted by Gasteiger charge is 2.16. The number of thiophene rings is 1. The van der Waals surface area contributed by atoms with E-state index in [1.165, 1.54) is 40.8 Å². The molecule has 0 atom stereocenters. The monoisotopic (exact) mass is 412 g/mol. The molecule has 0 aliphatic rings. The third-order valence-corrected chi connectivity index (χ3v) is 6.38. The van der Waals surface area contributed by atoms with Gasteiger partial charge in [-0.15, -0.1) is 11.3 Å². The molecule has 2 heterocycles. The van der Waals surface area contributed by atoms with Crippen LogP contribution in [0, 0.1) is 13.8 Å². The Morgan fingerprint density at radius 3 is 2.70 bits per heavy atom. The lowest BCUT2D eigenvalue weighted by Gasteiger charge is -2.12. The molecule has 0 fully saturated rings. The van der Waals surface area contributed by atoms with Crippen molar-refractivity contribution in [2.75, 3.05) is 7.11 Å². The lowest BCUT2D eigenvalue weighted by atomic mass is 10.2. The zero-order valence-corrected chi connectivity index (χ0v) is 16.8. The van der Waals surface area contributed by atoms with E-state index >= 15 is 0 Å². The average molecular weight is 412 g/mol. The summed E-state index contributed by atoms with van der Waals surface area (Å²) in [7, 11) is 3.09. The Labute approximate surface area is 162 Å². The number of nitrogens with zero attached hydrogens (tertiary/aromatic N) is 2. The average Bonchev–Trinajstić information content (AvgIpc) is 2.91. The summed E-state index contributed by atoms with van der Waals surface area (Å²) in [4.78, 5) is 19.1. The maximum absolute atomic E-state index is 12.7. The number of methoxy groups -OCH3 is 1. The van der Waals surface area contributed by atoms with Crippen molar-refractivity contribution < 1.29 is 18.3 Å². The topological polar surface area (TPSA) is 53.3 Å². The van der Waals surface area contributed by atoms with Crippen molar-refractivity contribution in [3.8, 4) is 11.5 Å². The minimum atomic E-state index is -2.91. The van der Waals surface area contributed by atoms with E-state index in [1.807, 2.05) is 13.8 Å². The predicted molar refractivity (Wildman–Crippen MR) is 104 cm³/mol. The van der Waals surface area contributed by atoms with Crippen molar-refractivity contribution in [2.24, 2.45) is 7.05 Å². The molecule has 3 aromatic rings. The van der Waals surface area contributed by atoms with Crippen LogP contribution >= 0.6 is 23.1 Å². The van der Waals surface area contributed by atoms with E-state index in [2.05, 4.69) is 9.72 Å². The minimum absolute atomic E-state index is 0.0160. The number of thioether (sulfide) groups is 1. The van der Waals surface area contributed by atoms with Gasteiger partial charge in [0.1, 0.15) is 4.83 Å². The van der Waals surface area contributed by atoms with Crippen LogP contribution in [0.2, 0.25) is 0 Å². The second-order valence-electron chi connectivity index (χ2n) is 5.87. The number of aryl methyl sites for hydroxylation is 2. The summed E-state index contributed by atoms with van der Waals surface area (Å²) in [5.41, 5.74) is 1.74. The normalized spacial score (nSPS) is 11.4. The Kier molecular flexibility index (Phi) is 5.71. The summed E-state index contributed by atoms with van der Waals surface area (Å²) in [6.07, 6.45) is 0. The molecular weight excluding hydrogens is 394 g/mol. The SMILES string of the molecule is COc1cc(CSc2nc3sc(C)c(C)c3c(=O)n2C)ccc1OC(F)F. The van der Waals surface area contributed by atoms with Gasteiger partial charge in [-0.3, -0.25) is 9.36 Å². The first-order valence-corrected chi connectivity index (χ1v) is 9.83. The Morgan fingerprint density at radius 1 is 1.30 bits per heavy atom. The summed E-state index contributed by atoms with van der Waals surface area (Å²) < 4.78 is 35.9. The molecule has 5 nitrogen and oxygen atoms in total. The van der Waals surface area contributed by atoms with E-state index in [4.69, 9.17) is 4.74 Å². The van der Waals surface area contributed by atoms with Crippen LogP contribution in [0.5, 0.6) is 11.5 Å². The number of rotatable bonds is 6. The second kappa shape index (κ2) is 7.85. The van der Waals surface area contributed by atoms with E-state index in [0.29, 0.717) is 16.3 Å². The van der Waals surface area contributed by atoms with Crippen molar-refractivity contribution in [2.45, 2.75) is 31.4 Å². The van der Waals surface area contributed by atoms with Gasteiger partial charge < -0.3 is 9.47 Å². The molecule has 0 unspecified atom stereocenters. The standard InChI is InChI=1S/C18H18F2N2O3S2/c1-9-10(2)27-15-14(9)16(23)22(3)18(21-15)26-8-11-5-6-12(25-17(19)20)13(7-11)24-4/h5-7,17H,8H2,1-4H3. The van der Waals surface area contributed by atoms with Crippen molar-refractivity contribution in [3.05, 3.63) is 44.6 Å². The summed E-state index contributed by atoms with van der Waals surface area (Å²) in [6, 6.07) is 4.77. The van der Waals surface area contributed by atoms with Crippen LogP contribution in [0.15, 0.2) is 28.2 Å². The van der Waals surface area contributed by atoms with E-state index in [9.17, 15) is 13.6 Å². The molecule has 0 aliphatic heterocycles.